The Morgan fingerprint density at radius 2 is 1.44 bits per heavy atom. The summed E-state index contributed by atoms with van der Waals surface area (Å²) in [5.41, 5.74) is 14.4. The quantitative estimate of drug-likeness (QED) is 0.251. The maximum atomic E-state index is 13.6. The van der Waals surface area contributed by atoms with Gasteiger partial charge in [0.1, 0.15) is 11.6 Å². The summed E-state index contributed by atoms with van der Waals surface area (Å²) >= 11 is 0. The zero-order valence-electron chi connectivity index (χ0n) is 18.5. The Morgan fingerprint density at radius 3 is 2.19 bits per heavy atom. The van der Waals surface area contributed by atoms with Crippen molar-refractivity contribution < 1.29 is 17.6 Å². The highest BCUT2D eigenvalue weighted by Crippen LogP contribution is 2.34. The fraction of sp³-hybridized carbons (Fsp3) is 0.0385. The summed E-state index contributed by atoms with van der Waals surface area (Å²) in [6.45, 7) is 0. The van der Waals surface area contributed by atoms with Crippen LogP contribution < -0.4 is 16.8 Å². The molecule has 6 nitrogen and oxygen atoms in total. The van der Waals surface area contributed by atoms with Crippen molar-refractivity contribution >= 4 is 34.0 Å². The lowest BCUT2D eigenvalue weighted by atomic mass is 10.0. The Morgan fingerprint density at radius 1 is 0.722 bits per heavy atom. The van der Waals surface area contributed by atoms with Gasteiger partial charge in [-0.05, 0) is 48.5 Å². The highest BCUT2D eigenvalue weighted by Gasteiger charge is 2.30. The van der Waals surface area contributed by atoms with Crippen LogP contribution in [0.5, 0.6) is 0 Å². The van der Waals surface area contributed by atoms with Gasteiger partial charge in [-0.3, -0.25) is 0 Å². The van der Waals surface area contributed by atoms with Crippen LogP contribution in [0, 0.1) is 5.82 Å². The SMILES string of the molecule is Nc1nc(Nc2ccc3nc(-c4cccc(C(F)(F)F)c4)cc(N)c3c2)cc(-c2cccc(F)c2)n1. The lowest BCUT2D eigenvalue weighted by molar-refractivity contribution is -0.137. The number of hydrogen-bond acceptors (Lipinski definition) is 6. The van der Waals surface area contributed by atoms with Crippen LogP contribution in [0.15, 0.2) is 78.9 Å². The smallest absolute Gasteiger partial charge is 0.398 e. The second-order valence-electron chi connectivity index (χ2n) is 8.04. The van der Waals surface area contributed by atoms with E-state index in [9.17, 15) is 17.6 Å². The van der Waals surface area contributed by atoms with E-state index in [1.54, 1.807) is 42.5 Å². The van der Waals surface area contributed by atoms with E-state index in [-0.39, 0.29) is 5.95 Å². The lowest BCUT2D eigenvalue weighted by Gasteiger charge is -2.12. The number of pyridine rings is 1. The van der Waals surface area contributed by atoms with Crippen LogP contribution >= 0.6 is 0 Å². The first-order chi connectivity index (χ1) is 17.2. The van der Waals surface area contributed by atoms with Crippen molar-refractivity contribution in [1.29, 1.82) is 0 Å². The maximum absolute atomic E-state index is 13.6. The number of benzene rings is 3. The van der Waals surface area contributed by atoms with Gasteiger partial charge in [0.05, 0.1) is 22.5 Å². The molecule has 2 heterocycles. The number of nitrogens with zero attached hydrogens (tertiary/aromatic N) is 3. The van der Waals surface area contributed by atoms with Gasteiger partial charge < -0.3 is 16.8 Å². The largest absolute Gasteiger partial charge is 0.416 e. The van der Waals surface area contributed by atoms with Crippen LogP contribution in [0.25, 0.3) is 33.4 Å². The molecule has 0 unspecified atom stereocenters. The van der Waals surface area contributed by atoms with E-state index < -0.39 is 17.6 Å². The first kappa shape index (κ1) is 23.0. The predicted molar refractivity (Wildman–Crippen MR) is 132 cm³/mol. The van der Waals surface area contributed by atoms with Crippen LogP contribution in [0.4, 0.5) is 40.7 Å². The summed E-state index contributed by atoms with van der Waals surface area (Å²) < 4.78 is 53.0. The number of anilines is 4. The fourth-order valence-electron chi connectivity index (χ4n) is 3.81. The Hall–Kier alpha value is -4.73. The van der Waals surface area contributed by atoms with Gasteiger partial charge in [-0.15, -0.1) is 0 Å². The van der Waals surface area contributed by atoms with Gasteiger partial charge in [-0.25, -0.2) is 14.4 Å². The molecule has 0 aliphatic heterocycles. The van der Waals surface area contributed by atoms with E-state index >= 15 is 0 Å². The number of fused-ring (bicyclic) bond motifs is 1. The first-order valence-electron chi connectivity index (χ1n) is 10.7. The Kier molecular flexibility index (Phi) is 5.63. The molecule has 0 amide bonds. The number of nitrogens with one attached hydrogen (secondary N) is 1. The molecule has 0 radical (unpaired) electrons. The van der Waals surface area contributed by atoms with Crippen LogP contribution in [-0.4, -0.2) is 15.0 Å². The summed E-state index contributed by atoms with van der Waals surface area (Å²) in [6.07, 6.45) is -4.46. The molecule has 5 rings (SSSR count). The molecule has 0 aliphatic rings. The van der Waals surface area contributed by atoms with Crippen molar-refractivity contribution in [3.8, 4) is 22.5 Å². The minimum Gasteiger partial charge on any atom is -0.398 e. The molecule has 0 spiro atoms. The van der Waals surface area contributed by atoms with Crippen LogP contribution in [0.2, 0.25) is 0 Å². The molecule has 0 bridgehead atoms. The van der Waals surface area contributed by atoms with Crippen molar-refractivity contribution in [3.05, 3.63) is 90.2 Å². The third kappa shape index (κ3) is 4.74. The first-order valence-corrected chi connectivity index (χ1v) is 10.7. The van der Waals surface area contributed by atoms with Gasteiger partial charge in [-0.1, -0.05) is 24.3 Å². The highest BCUT2D eigenvalue weighted by atomic mass is 19.4. The number of halogens is 4. The fourth-order valence-corrected chi connectivity index (χ4v) is 3.81. The zero-order chi connectivity index (χ0) is 25.4. The molecule has 5 N–H and O–H groups in total. The Labute approximate surface area is 202 Å². The lowest BCUT2D eigenvalue weighted by Crippen LogP contribution is -2.04. The van der Waals surface area contributed by atoms with Crippen molar-refractivity contribution in [1.82, 2.24) is 15.0 Å². The van der Waals surface area contributed by atoms with Crippen LogP contribution in [0.1, 0.15) is 5.56 Å². The molecule has 5 aromatic rings. The average molecular weight is 490 g/mol. The summed E-state index contributed by atoms with van der Waals surface area (Å²) in [6, 6.07) is 19.2. The van der Waals surface area contributed by atoms with Crippen molar-refractivity contribution in [3.63, 3.8) is 0 Å². The van der Waals surface area contributed by atoms with Crippen molar-refractivity contribution in [2.45, 2.75) is 6.18 Å². The van der Waals surface area contributed by atoms with E-state index in [0.717, 1.165) is 12.1 Å². The molecule has 36 heavy (non-hydrogen) atoms. The molecular formula is C26H18F4N6. The van der Waals surface area contributed by atoms with E-state index in [2.05, 4.69) is 20.3 Å². The van der Waals surface area contributed by atoms with Crippen molar-refractivity contribution in [2.24, 2.45) is 0 Å². The molecule has 2 aromatic heterocycles. The molecule has 0 fully saturated rings. The summed E-state index contributed by atoms with van der Waals surface area (Å²) in [4.78, 5) is 12.9. The molecule has 0 atom stereocenters. The van der Waals surface area contributed by atoms with Crippen LogP contribution in [0.3, 0.4) is 0 Å². The number of alkyl halides is 3. The second kappa shape index (κ2) is 8.81. The van der Waals surface area contributed by atoms with E-state index in [1.165, 1.54) is 24.3 Å². The average Bonchev–Trinajstić information content (AvgIpc) is 2.83. The monoisotopic (exact) mass is 490 g/mol. The molecule has 10 heteroatoms. The number of aromatic nitrogens is 3. The second-order valence-corrected chi connectivity index (χ2v) is 8.04. The number of nitrogen functional groups attached to an aromatic ring is 2. The van der Waals surface area contributed by atoms with E-state index in [1.807, 2.05) is 0 Å². The Balaban J connectivity index is 1.47. The molecule has 0 saturated carbocycles. The molecule has 0 aliphatic carbocycles. The highest BCUT2D eigenvalue weighted by molar-refractivity contribution is 5.95. The number of rotatable bonds is 4. The predicted octanol–water partition coefficient (Wildman–Crippen LogP) is 6.42. The normalized spacial score (nSPS) is 11.6. The molecule has 3 aromatic carbocycles. The topological polar surface area (TPSA) is 103 Å². The summed E-state index contributed by atoms with van der Waals surface area (Å²) in [7, 11) is 0. The molecule has 0 saturated heterocycles. The molecular weight excluding hydrogens is 472 g/mol. The minimum absolute atomic E-state index is 0.00644. The third-order valence-corrected chi connectivity index (χ3v) is 5.46. The zero-order valence-corrected chi connectivity index (χ0v) is 18.5. The third-order valence-electron chi connectivity index (χ3n) is 5.46. The minimum atomic E-state index is -4.46. The number of nitrogens with two attached hydrogens (primary N) is 2. The number of hydrogen-bond donors (Lipinski definition) is 3. The van der Waals surface area contributed by atoms with Gasteiger partial charge in [0, 0.05) is 34.0 Å². The van der Waals surface area contributed by atoms with Gasteiger partial charge in [0.15, 0.2) is 0 Å². The van der Waals surface area contributed by atoms with Gasteiger partial charge >= 0.3 is 6.18 Å². The van der Waals surface area contributed by atoms with E-state index in [4.69, 9.17) is 11.5 Å². The van der Waals surface area contributed by atoms with Crippen LogP contribution in [-0.2, 0) is 6.18 Å². The van der Waals surface area contributed by atoms with Gasteiger partial charge in [-0.2, -0.15) is 18.2 Å². The molecule has 180 valence electrons. The Bertz CT molecular complexity index is 1600. The van der Waals surface area contributed by atoms with E-state index in [0.29, 0.717) is 50.6 Å². The maximum Gasteiger partial charge on any atom is 0.416 e. The standard InChI is InChI=1S/C26H18F4N6/c27-17-6-2-4-15(10-17)23-13-24(36-25(32)35-23)33-18-7-8-21-19(11-18)20(31)12-22(34-21)14-3-1-5-16(9-14)26(28,29)30/h1-13H,(H2,31,34)(H3,32,33,35,36). The summed E-state index contributed by atoms with van der Waals surface area (Å²) in [5, 5.41) is 3.73. The summed E-state index contributed by atoms with van der Waals surface area (Å²) in [5.74, 6) is -0.0126. The van der Waals surface area contributed by atoms with Crippen molar-refractivity contribution in [2.75, 3.05) is 16.8 Å². The van der Waals surface area contributed by atoms with Gasteiger partial charge in [0.25, 0.3) is 0 Å². The van der Waals surface area contributed by atoms with Gasteiger partial charge in [0.2, 0.25) is 5.95 Å².